The first-order chi connectivity index (χ1) is 9.24. The number of para-hydroxylation sites is 1. The van der Waals surface area contributed by atoms with Crippen LogP contribution < -0.4 is 11.1 Å². The SMILES string of the molecule is Nc1cccc2cc(C(=O)Nc3cccnn3)[nH]c12. The summed E-state index contributed by atoms with van der Waals surface area (Å²) in [6.07, 6.45) is 1.54. The van der Waals surface area contributed by atoms with Crippen LogP contribution in [0, 0.1) is 0 Å². The average molecular weight is 253 g/mol. The molecule has 0 saturated carbocycles. The second kappa shape index (κ2) is 4.41. The predicted octanol–water partition coefficient (Wildman–Crippen LogP) is 1.79. The minimum Gasteiger partial charge on any atom is -0.397 e. The van der Waals surface area contributed by atoms with E-state index < -0.39 is 0 Å². The van der Waals surface area contributed by atoms with Crippen molar-refractivity contribution in [2.45, 2.75) is 0 Å². The van der Waals surface area contributed by atoms with Crippen molar-refractivity contribution in [1.82, 2.24) is 15.2 Å². The van der Waals surface area contributed by atoms with Gasteiger partial charge in [-0.2, -0.15) is 5.10 Å². The zero-order chi connectivity index (χ0) is 13.2. The first kappa shape index (κ1) is 11.2. The van der Waals surface area contributed by atoms with Crippen molar-refractivity contribution in [2.75, 3.05) is 11.1 Å². The summed E-state index contributed by atoms with van der Waals surface area (Å²) in [6, 6.07) is 10.6. The molecule has 0 aliphatic carbocycles. The average Bonchev–Trinajstić information content (AvgIpc) is 2.85. The van der Waals surface area contributed by atoms with E-state index in [1.807, 2.05) is 12.1 Å². The van der Waals surface area contributed by atoms with E-state index in [0.29, 0.717) is 17.2 Å². The summed E-state index contributed by atoms with van der Waals surface area (Å²) in [4.78, 5) is 15.0. The third-order valence-corrected chi connectivity index (χ3v) is 2.75. The highest BCUT2D eigenvalue weighted by Crippen LogP contribution is 2.21. The maximum absolute atomic E-state index is 12.0. The van der Waals surface area contributed by atoms with Crippen LogP contribution >= 0.6 is 0 Å². The van der Waals surface area contributed by atoms with E-state index in [9.17, 15) is 4.79 Å². The number of H-pyrrole nitrogens is 1. The van der Waals surface area contributed by atoms with E-state index in [1.54, 1.807) is 30.5 Å². The maximum Gasteiger partial charge on any atom is 0.273 e. The lowest BCUT2D eigenvalue weighted by atomic mass is 10.2. The molecule has 6 nitrogen and oxygen atoms in total. The van der Waals surface area contributed by atoms with Gasteiger partial charge in [0.15, 0.2) is 5.82 Å². The van der Waals surface area contributed by atoms with Crippen molar-refractivity contribution >= 4 is 28.3 Å². The Labute approximate surface area is 108 Å². The van der Waals surface area contributed by atoms with Gasteiger partial charge in [0.25, 0.3) is 5.91 Å². The molecule has 2 heterocycles. The van der Waals surface area contributed by atoms with Crippen LogP contribution in [-0.4, -0.2) is 21.1 Å². The summed E-state index contributed by atoms with van der Waals surface area (Å²) in [5.41, 5.74) is 7.63. The Bertz CT molecular complexity index is 735. The quantitative estimate of drug-likeness (QED) is 0.606. The van der Waals surface area contributed by atoms with Gasteiger partial charge in [0.2, 0.25) is 0 Å². The van der Waals surface area contributed by atoms with Crippen molar-refractivity contribution in [3.05, 3.63) is 48.3 Å². The lowest BCUT2D eigenvalue weighted by molar-refractivity contribution is 0.102. The van der Waals surface area contributed by atoms with E-state index in [1.165, 1.54) is 0 Å². The van der Waals surface area contributed by atoms with Crippen LogP contribution in [0.15, 0.2) is 42.6 Å². The fourth-order valence-corrected chi connectivity index (χ4v) is 1.85. The second-order valence-electron chi connectivity index (χ2n) is 4.06. The van der Waals surface area contributed by atoms with Gasteiger partial charge in [0.05, 0.1) is 11.2 Å². The Kier molecular flexibility index (Phi) is 2.60. The van der Waals surface area contributed by atoms with Gasteiger partial charge in [-0.15, -0.1) is 5.10 Å². The van der Waals surface area contributed by atoms with Gasteiger partial charge >= 0.3 is 0 Å². The summed E-state index contributed by atoms with van der Waals surface area (Å²) in [5, 5.41) is 11.0. The topological polar surface area (TPSA) is 96.7 Å². The van der Waals surface area contributed by atoms with Gasteiger partial charge in [-0.1, -0.05) is 12.1 Å². The lowest BCUT2D eigenvalue weighted by Crippen LogP contribution is -2.13. The number of nitrogens with zero attached hydrogens (tertiary/aromatic N) is 2. The van der Waals surface area contributed by atoms with E-state index in [2.05, 4.69) is 20.5 Å². The molecule has 0 saturated heterocycles. The van der Waals surface area contributed by atoms with Gasteiger partial charge in [-0.05, 0) is 24.3 Å². The van der Waals surface area contributed by atoms with E-state index in [0.717, 1.165) is 10.9 Å². The van der Waals surface area contributed by atoms with Gasteiger partial charge in [0, 0.05) is 11.6 Å². The number of carbonyl (C=O) groups is 1. The third kappa shape index (κ3) is 2.11. The van der Waals surface area contributed by atoms with Crippen LogP contribution in [0.2, 0.25) is 0 Å². The van der Waals surface area contributed by atoms with E-state index >= 15 is 0 Å². The maximum atomic E-state index is 12.0. The van der Waals surface area contributed by atoms with Crippen LogP contribution in [-0.2, 0) is 0 Å². The second-order valence-corrected chi connectivity index (χ2v) is 4.06. The van der Waals surface area contributed by atoms with E-state index in [4.69, 9.17) is 5.73 Å². The molecule has 19 heavy (non-hydrogen) atoms. The zero-order valence-electron chi connectivity index (χ0n) is 9.92. The summed E-state index contributed by atoms with van der Waals surface area (Å²) in [5.74, 6) is 0.121. The number of rotatable bonds is 2. The Morgan fingerprint density at radius 1 is 1.26 bits per heavy atom. The Balaban J connectivity index is 1.92. The molecule has 0 radical (unpaired) electrons. The molecule has 0 unspecified atom stereocenters. The number of hydrogen-bond acceptors (Lipinski definition) is 4. The summed E-state index contributed by atoms with van der Waals surface area (Å²) >= 11 is 0. The molecule has 0 atom stereocenters. The molecule has 3 aromatic rings. The molecule has 0 spiro atoms. The molecule has 4 N–H and O–H groups in total. The number of nitrogen functional groups attached to an aromatic ring is 1. The minimum atomic E-state index is -0.281. The normalized spacial score (nSPS) is 10.5. The van der Waals surface area contributed by atoms with Crippen LogP contribution in [0.3, 0.4) is 0 Å². The number of nitrogens with one attached hydrogen (secondary N) is 2. The summed E-state index contributed by atoms with van der Waals surface area (Å²) in [6.45, 7) is 0. The van der Waals surface area contributed by atoms with Crippen molar-refractivity contribution in [1.29, 1.82) is 0 Å². The summed E-state index contributed by atoms with van der Waals surface area (Å²) in [7, 11) is 0. The van der Waals surface area contributed by atoms with Crippen LogP contribution in [0.5, 0.6) is 0 Å². The van der Waals surface area contributed by atoms with Gasteiger partial charge in [-0.25, -0.2) is 0 Å². The molecule has 1 aromatic carbocycles. The third-order valence-electron chi connectivity index (χ3n) is 2.75. The molecule has 6 heteroatoms. The smallest absolute Gasteiger partial charge is 0.273 e. The van der Waals surface area contributed by atoms with Crippen LogP contribution in [0.25, 0.3) is 10.9 Å². The van der Waals surface area contributed by atoms with Crippen molar-refractivity contribution in [3.63, 3.8) is 0 Å². The highest BCUT2D eigenvalue weighted by Gasteiger charge is 2.11. The number of carbonyl (C=O) groups excluding carboxylic acids is 1. The number of hydrogen-bond donors (Lipinski definition) is 3. The number of amides is 1. The lowest BCUT2D eigenvalue weighted by Gasteiger charge is -2.00. The molecule has 94 valence electrons. The van der Waals surface area contributed by atoms with Gasteiger partial charge in [0.1, 0.15) is 5.69 Å². The van der Waals surface area contributed by atoms with Gasteiger partial charge < -0.3 is 16.0 Å². The van der Waals surface area contributed by atoms with Crippen molar-refractivity contribution < 1.29 is 4.79 Å². The van der Waals surface area contributed by atoms with Crippen LogP contribution in [0.4, 0.5) is 11.5 Å². The number of benzene rings is 1. The highest BCUT2D eigenvalue weighted by molar-refractivity contribution is 6.06. The largest absolute Gasteiger partial charge is 0.397 e. The molecule has 2 aromatic heterocycles. The van der Waals surface area contributed by atoms with Crippen molar-refractivity contribution in [3.8, 4) is 0 Å². The van der Waals surface area contributed by atoms with Crippen molar-refractivity contribution in [2.24, 2.45) is 0 Å². The first-order valence-corrected chi connectivity index (χ1v) is 5.70. The number of aromatic amines is 1. The van der Waals surface area contributed by atoms with Crippen LogP contribution in [0.1, 0.15) is 10.5 Å². The molecular formula is C13H11N5O. The Hall–Kier alpha value is -2.89. The molecule has 0 fully saturated rings. The number of nitrogens with two attached hydrogens (primary N) is 1. The standard InChI is InChI=1S/C13H11N5O/c14-9-4-1-3-8-7-10(16-12(8)9)13(19)17-11-5-2-6-15-18-11/h1-7,16H,14H2,(H,17,18,19). The number of aromatic nitrogens is 3. The Morgan fingerprint density at radius 3 is 2.89 bits per heavy atom. The van der Waals surface area contributed by atoms with E-state index in [-0.39, 0.29) is 5.91 Å². The highest BCUT2D eigenvalue weighted by atomic mass is 16.1. The molecule has 1 amide bonds. The summed E-state index contributed by atoms with van der Waals surface area (Å²) < 4.78 is 0. The number of anilines is 2. The zero-order valence-corrected chi connectivity index (χ0v) is 9.92. The molecule has 0 aliphatic heterocycles. The minimum absolute atomic E-state index is 0.281. The molecule has 0 bridgehead atoms. The first-order valence-electron chi connectivity index (χ1n) is 5.70. The fourth-order valence-electron chi connectivity index (χ4n) is 1.85. The number of fused-ring (bicyclic) bond motifs is 1. The fraction of sp³-hybridized carbons (Fsp3) is 0. The van der Waals surface area contributed by atoms with Gasteiger partial charge in [-0.3, -0.25) is 4.79 Å². The monoisotopic (exact) mass is 253 g/mol. The molecule has 0 aliphatic rings. The Morgan fingerprint density at radius 2 is 2.16 bits per heavy atom. The molecular weight excluding hydrogens is 242 g/mol. The molecule has 3 rings (SSSR count). The predicted molar refractivity (Wildman–Crippen MR) is 72.7 cm³/mol.